The molecule has 0 bridgehead atoms. The van der Waals surface area contributed by atoms with Gasteiger partial charge in [0.05, 0.1) is 11.3 Å². The second-order valence-electron chi connectivity index (χ2n) is 7.30. The second kappa shape index (κ2) is 7.50. The van der Waals surface area contributed by atoms with Crippen LogP contribution in [0.1, 0.15) is 42.2 Å². The number of amides is 1. The van der Waals surface area contributed by atoms with Crippen LogP contribution in [-0.4, -0.2) is 17.5 Å². The molecule has 0 spiro atoms. The minimum absolute atomic E-state index is 0.222. The van der Waals surface area contributed by atoms with E-state index in [9.17, 15) is 14.4 Å². The van der Waals surface area contributed by atoms with Crippen molar-refractivity contribution in [2.24, 2.45) is 0 Å². The molecule has 5 rings (SSSR count). The van der Waals surface area contributed by atoms with Crippen LogP contribution in [0.2, 0.25) is 0 Å². The average molecular weight is 403 g/mol. The Bertz CT molecular complexity index is 1340. The van der Waals surface area contributed by atoms with Crippen LogP contribution < -0.4 is 5.32 Å². The maximum Gasteiger partial charge on any atom is 0.255 e. The van der Waals surface area contributed by atoms with Crippen LogP contribution in [-0.2, 0) is 0 Å². The summed E-state index contributed by atoms with van der Waals surface area (Å²) in [5.41, 5.74) is 3.68. The fourth-order valence-electron chi connectivity index (χ4n) is 3.99. The van der Waals surface area contributed by atoms with E-state index in [0.29, 0.717) is 27.9 Å². The maximum absolute atomic E-state index is 13.5. The third kappa shape index (κ3) is 3.15. The molecular weight excluding hydrogens is 386 g/mol. The number of ketones is 2. The number of rotatable bonds is 3. The second-order valence-corrected chi connectivity index (χ2v) is 7.30. The summed E-state index contributed by atoms with van der Waals surface area (Å²) >= 11 is 0. The first-order chi connectivity index (χ1) is 15.1. The monoisotopic (exact) mass is 403 g/mol. The van der Waals surface area contributed by atoms with Gasteiger partial charge in [-0.25, -0.2) is 0 Å². The van der Waals surface area contributed by atoms with Crippen molar-refractivity contribution in [1.82, 2.24) is 0 Å². The van der Waals surface area contributed by atoms with E-state index < -0.39 is 0 Å². The molecule has 0 saturated carbocycles. The smallest absolute Gasteiger partial charge is 0.255 e. The van der Waals surface area contributed by atoms with Gasteiger partial charge in [-0.1, -0.05) is 78.9 Å². The van der Waals surface area contributed by atoms with Crippen LogP contribution in [0.15, 0.2) is 97.1 Å². The highest BCUT2D eigenvalue weighted by Crippen LogP contribution is 2.37. The highest BCUT2D eigenvalue weighted by atomic mass is 16.2. The zero-order valence-electron chi connectivity index (χ0n) is 16.5. The molecule has 4 aromatic carbocycles. The lowest BCUT2D eigenvalue weighted by Gasteiger charge is -2.22. The summed E-state index contributed by atoms with van der Waals surface area (Å²) in [4.78, 5) is 39.6. The van der Waals surface area contributed by atoms with Gasteiger partial charge >= 0.3 is 0 Å². The van der Waals surface area contributed by atoms with Gasteiger partial charge in [-0.3, -0.25) is 14.4 Å². The predicted octanol–water partition coefficient (Wildman–Crippen LogP) is 5.38. The van der Waals surface area contributed by atoms with Crippen LogP contribution in [0.4, 0.5) is 5.69 Å². The van der Waals surface area contributed by atoms with Gasteiger partial charge in [0.2, 0.25) is 0 Å². The van der Waals surface area contributed by atoms with Crippen molar-refractivity contribution >= 4 is 23.2 Å². The van der Waals surface area contributed by atoms with E-state index in [-0.39, 0.29) is 23.0 Å². The van der Waals surface area contributed by atoms with E-state index in [1.165, 1.54) is 0 Å². The van der Waals surface area contributed by atoms with Crippen molar-refractivity contribution in [3.8, 4) is 11.1 Å². The Morgan fingerprint density at radius 2 is 1.10 bits per heavy atom. The number of hydrogen-bond donors (Lipinski definition) is 1. The highest BCUT2D eigenvalue weighted by molar-refractivity contribution is 6.32. The summed E-state index contributed by atoms with van der Waals surface area (Å²) < 4.78 is 0. The first kappa shape index (κ1) is 18.7. The van der Waals surface area contributed by atoms with Gasteiger partial charge < -0.3 is 5.32 Å². The van der Waals surface area contributed by atoms with E-state index in [1.54, 1.807) is 54.6 Å². The third-order valence-corrected chi connectivity index (χ3v) is 5.44. The molecule has 0 aromatic heterocycles. The van der Waals surface area contributed by atoms with Gasteiger partial charge in [-0.05, 0) is 29.3 Å². The summed E-state index contributed by atoms with van der Waals surface area (Å²) in [6, 6.07) is 28.6. The Morgan fingerprint density at radius 1 is 0.548 bits per heavy atom. The molecule has 148 valence electrons. The summed E-state index contributed by atoms with van der Waals surface area (Å²) in [6.45, 7) is 0. The molecule has 4 aromatic rings. The minimum atomic E-state index is -0.335. The van der Waals surface area contributed by atoms with Crippen LogP contribution in [0.5, 0.6) is 0 Å². The van der Waals surface area contributed by atoms with Crippen molar-refractivity contribution in [3.05, 3.63) is 125 Å². The molecule has 1 aliphatic rings. The molecule has 0 atom stereocenters. The lowest BCUT2D eigenvalue weighted by molar-refractivity contribution is 0.0979. The zero-order chi connectivity index (χ0) is 21.4. The van der Waals surface area contributed by atoms with Crippen molar-refractivity contribution < 1.29 is 14.4 Å². The normalized spacial score (nSPS) is 12.1. The topological polar surface area (TPSA) is 63.2 Å². The fraction of sp³-hybridized carbons (Fsp3) is 0. The van der Waals surface area contributed by atoms with Gasteiger partial charge in [0.1, 0.15) is 0 Å². The molecule has 0 saturated heterocycles. The average Bonchev–Trinajstić information content (AvgIpc) is 2.83. The van der Waals surface area contributed by atoms with Crippen LogP contribution in [0.3, 0.4) is 0 Å². The Labute approximate surface area is 179 Å². The quantitative estimate of drug-likeness (QED) is 0.440. The molecule has 4 heteroatoms. The summed E-state index contributed by atoms with van der Waals surface area (Å²) in [6.07, 6.45) is 0. The molecule has 31 heavy (non-hydrogen) atoms. The first-order valence-electron chi connectivity index (χ1n) is 9.92. The molecule has 0 aliphatic heterocycles. The summed E-state index contributed by atoms with van der Waals surface area (Å²) in [5.74, 6) is -0.829. The summed E-state index contributed by atoms with van der Waals surface area (Å²) in [7, 11) is 0. The number of carbonyl (C=O) groups excluding carboxylic acids is 3. The zero-order valence-corrected chi connectivity index (χ0v) is 16.5. The van der Waals surface area contributed by atoms with E-state index in [2.05, 4.69) is 5.32 Å². The van der Waals surface area contributed by atoms with Gasteiger partial charge in [0, 0.05) is 22.3 Å². The van der Waals surface area contributed by atoms with Gasteiger partial charge in [-0.2, -0.15) is 0 Å². The van der Waals surface area contributed by atoms with E-state index in [4.69, 9.17) is 0 Å². The van der Waals surface area contributed by atoms with Crippen LogP contribution in [0.25, 0.3) is 11.1 Å². The number of fused-ring (bicyclic) bond motifs is 2. The Hall–Kier alpha value is -4.31. The maximum atomic E-state index is 13.5. The number of hydrogen-bond acceptors (Lipinski definition) is 3. The van der Waals surface area contributed by atoms with Gasteiger partial charge in [0.15, 0.2) is 11.6 Å². The minimum Gasteiger partial charge on any atom is -0.321 e. The van der Waals surface area contributed by atoms with Crippen LogP contribution >= 0.6 is 0 Å². The Morgan fingerprint density at radius 3 is 1.81 bits per heavy atom. The molecule has 1 N–H and O–H groups in total. The Kier molecular flexibility index (Phi) is 4.53. The molecule has 0 heterocycles. The largest absolute Gasteiger partial charge is 0.321 e. The SMILES string of the molecule is O=C(Nc1cccc2c1C(=O)c1cccc(-c3ccccc3)c1C2=O)c1ccccc1. The fourth-order valence-corrected chi connectivity index (χ4v) is 3.99. The Balaban J connectivity index is 1.62. The van der Waals surface area contributed by atoms with Gasteiger partial charge in [-0.15, -0.1) is 0 Å². The number of anilines is 1. The van der Waals surface area contributed by atoms with Crippen molar-refractivity contribution in [3.63, 3.8) is 0 Å². The standard InChI is InChI=1S/C27H17NO3/c29-25-21-15-8-16-22(28-27(31)18-11-5-2-6-12-18)24(21)26(30)20-14-7-13-19(23(20)25)17-9-3-1-4-10-17/h1-16H,(H,28,31). The van der Waals surface area contributed by atoms with E-state index in [1.807, 2.05) is 42.5 Å². The molecule has 1 aliphatic carbocycles. The number of benzene rings is 4. The predicted molar refractivity (Wildman–Crippen MR) is 120 cm³/mol. The van der Waals surface area contributed by atoms with Crippen molar-refractivity contribution in [2.75, 3.05) is 5.32 Å². The number of nitrogens with one attached hydrogen (secondary N) is 1. The molecule has 4 nitrogen and oxygen atoms in total. The molecule has 0 unspecified atom stereocenters. The first-order valence-corrected chi connectivity index (χ1v) is 9.92. The lowest BCUT2D eigenvalue weighted by Crippen LogP contribution is -2.24. The summed E-state index contributed by atoms with van der Waals surface area (Å²) in [5, 5.41) is 2.80. The molecule has 1 amide bonds. The van der Waals surface area contributed by atoms with E-state index >= 15 is 0 Å². The molecular formula is C27H17NO3. The highest BCUT2D eigenvalue weighted by Gasteiger charge is 2.33. The number of carbonyl (C=O) groups is 3. The van der Waals surface area contributed by atoms with Crippen LogP contribution in [0, 0.1) is 0 Å². The van der Waals surface area contributed by atoms with Crippen molar-refractivity contribution in [1.29, 1.82) is 0 Å². The molecule has 0 radical (unpaired) electrons. The lowest BCUT2D eigenvalue weighted by atomic mass is 9.80. The van der Waals surface area contributed by atoms with Crippen molar-refractivity contribution in [2.45, 2.75) is 0 Å². The third-order valence-electron chi connectivity index (χ3n) is 5.44. The van der Waals surface area contributed by atoms with Gasteiger partial charge in [0.25, 0.3) is 5.91 Å². The van der Waals surface area contributed by atoms with E-state index in [0.717, 1.165) is 11.1 Å². The molecule has 0 fully saturated rings.